The van der Waals surface area contributed by atoms with Gasteiger partial charge >= 0.3 is 6.18 Å². The molecule has 0 aliphatic heterocycles. The van der Waals surface area contributed by atoms with Crippen LogP contribution in [0.1, 0.15) is 29.7 Å². The highest BCUT2D eigenvalue weighted by Gasteiger charge is 2.30. The van der Waals surface area contributed by atoms with Crippen molar-refractivity contribution in [2.24, 2.45) is 17.2 Å². The van der Waals surface area contributed by atoms with E-state index in [1.807, 2.05) is 0 Å². The Morgan fingerprint density at radius 3 is 2.10 bits per heavy atom. The zero-order valence-electron chi connectivity index (χ0n) is 16.2. The lowest BCUT2D eigenvalue weighted by Gasteiger charge is -2.25. The molecule has 0 saturated heterocycles. The van der Waals surface area contributed by atoms with Crippen molar-refractivity contribution in [3.8, 4) is 0 Å². The minimum Gasteiger partial charge on any atom is -0.351 e. The van der Waals surface area contributed by atoms with Crippen molar-refractivity contribution in [2.75, 3.05) is 26.2 Å². The van der Waals surface area contributed by atoms with Crippen LogP contribution in [0.2, 0.25) is 0 Å². The van der Waals surface area contributed by atoms with Gasteiger partial charge in [0, 0.05) is 37.5 Å². The number of hydrogen-bond acceptors (Lipinski definition) is 6. The van der Waals surface area contributed by atoms with Gasteiger partial charge in [0.25, 0.3) is 0 Å². The van der Waals surface area contributed by atoms with E-state index in [9.17, 15) is 22.8 Å². The summed E-state index contributed by atoms with van der Waals surface area (Å²) in [6, 6.07) is 2.92. The van der Waals surface area contributed by atoms with E-state index in [1.165, 1.54) is 17.0 Å². The fourth-order valence-corrected chi connectivity index (χ4v) is 2.90. The molecular formula is C18H28F3N5O2S. The van der Waals surface area contributed by atoms with Crippen molar-refractivity contribution >= 4 is 24.4 Å². The molecule has 0 aromatic heterocycles. The lowest BCUT2D eigenvalue weighted by atomic mass is 10.0. The van der Waals surface area contributed by atoms with Crippen LogP contribution >= 0.6 is 12.6 Å². The molecule has 7 nitrogen and oxygen atoms in total. The van der Waals surface area contributed by atoms with Crippen LogP contribution in [0, 0.1) is 0 Å². The van der Waals surface area contributed by atoms with Crippen LogP contribution < -0.4 is 22.5 Å². The molecule has 0 heterocycles. The molecule has 0 radical (unpaired) electrons. The number of thiol groups is 1. The van der Waals surface area contributed by atoms with Crippen LogP contribution in [0.5, 0.6) is 0 Å². The van der Waals surface area contributed by atoms with Crippen LogP contribution in [-0.4, -0.2) is 55.0 Å². The van der Waals surface area contributed by atoms with Crippen molar-refractivity contribution in [3.05, 3.63) is 35.4 Å². The molecule has 1 aromatic carbocycles. The van der Waals surface area contributed by atoms with E-state index in [2.05, 4.69) is 17.9 Å². The van der Waals surface area contributed by atoms with Gasteiger partial charge in [-0.05, 0) is 24.6 Å². The Morgan fingerprint density at radius 1 is 1.14 bits per heavy atom. The van der Waals surface area contributed by atoms with Crippen LogP contribution in [0.4, 0.5) is 13.2 Å². The summed E-state index contributed by atoms with van der Waals surface area (Å²) in [7, 11) is 0. The van der Waals surface area contributed by atoms with E-state index < -0.39 is 35.0 Å². The number of hydrogen-bond donors (Lipinski definition) is 5. The summed E-state index contributed by atoms with van der Waals surface area (Å²) in [4.78, 5) is 26.0. The molecule has 1 aromatic rings. The van der Waals surface area contributed by atoms with Crippen LogP contribution in [-0.2, 0) is 15.8 Å². The summed E-state index contributed by atoms with van der Waals surface area (Å²) in [5.41, 5.74) is 16.5. The molecule has 0 fully saturated rings. The number of nitrogens with two attached hydrogens (primary N) is 3. The number of alkyl halides is 3. The first-order valence-corrected chi connectivity index (χ1v) is 9.62. The Bertz CT molecular complexity index is 666. The summed E-state index contributed by atoms with van der Waals surface area (Å²) < 4.78 is 38.0. The minimum atomic E-state index is -4.43. The van der Waals surface area contributed by atoms with Crippen molar-refractivity contribution in [1.29, 1.82) is 0 Å². The third kappa shape index (κ3) is 7.84. The molecule has 7 N–H and O–H groups in total. The molecule has 0 saturated carbocycles. The number of nitrogens with one attached hydrogen (secondary N) is 1. The number of halogens is 3. The summed E-state index contributed by atoms with van der Waals surface area (Å²) in [5.74, 6) is -0.890. The van der Waals surface area contributed by atoms with E-state index >= 15 is 0 Å². The number of amides is 2. The van der Waals surface area contributed by atoms with Crippen molar-refractivity contribution in [3.63, 3.8) is 0 Å². The molecular weight excluding hydrogens is 407 g/mol. The largest absolute Gasteiger partial charge is 0.416 e. The third-order valence-corrected chi connectivity index (χ3v) is 5.05. The summed E-state index contributed by atoms with van der Waals surface area (Å²) in [6.07, 6.45) is -4.64. The number of carbonyl (C=O) groups is 2. The summed E-state index contributed by atoms with van der Waals surface area (Å²) in [6.45, 7) is 2.80. The maximum absolute atomic E-state index is 12.7. The van der Waals surface area contributed by atoms with Gasteiger partial charge in [-0.3, -0.25) is 9.59 Å². The monoisotopic (exact) mass is 435 g/mol. The van der Waals surface area contributed by atoms with Gasteiger partial charge in [0.2, 0.25) is 11.8 Å². The zero-order chi connectivity index (χ0) is 22.2. The molecule has 2 amide bonds. The van der Waals surface area contributed by atoms with Crippen LogP contribution in [0.15, 0.2) is 24.3 Å². The van der Waals surface area contributed by atoms with Crippen molar-refractivity contribution in [1.82, 2.24) is 10.2 Å². The highest BCUT2D eigenvalue weighted by molar-refractivity contribution is 7.80. The average Bonchev–Trinajstić information content (AvgIpc) is 2.66. The quantitative estimate of drug-likeness (QED) is 0.345. The number of benzene rings is 1. The Labute approximate surface area is 173 Å². The first-order valence-electron chi connectivity index (χ1n) is 9.10. The fourth-order valence-electron chi connectivity index (χ4n) is 2.65. The maximum Gasteiger partial charge on any atom is 0.416 e. The number of carbonyl (C=O) groups excluding carboxylic acids is 2. The molecule has 0 bridgehead atoms. The topological polar surface area (TPSA) is 127 Å². The molecule has 1 rings (SSSR count). The Kier molecular flexibility index (Phi) is 9.90. The van der Waals surface area contributed by atoms with E-state index in [0.29, 0.717) is 18.7 Å². The number of nitrogens with zero attached hydrogens (tertiary/aromatic N) is 1. The van der Waals surface area contributed by atoms with Gasteiger partial charge in [0.15, 0.2) is 0 Å². The van der Waals surface area contributed by atoms with Crippen molar-refractivity contribution < 1.29 is 22.8 Å². The van der Waals surface area contributed by atoms with Crippen LogP contribution in [0.25, 0.3) is 0 Å². The second-order valence-corrected chi connectivity index (χ2v) is 7.19. The highest BCUT2D eigenvalue weighted by Crippen LogP contribution is 2.31. The van der Waals surface area contributed by atoms with Gasteiger partial charge in [-0.1, -0.05) is 12.1 Å². The van der Waals surface area contributed by atoms with Crippen molar-refractivity contribution in [2.45, 2.75) is 36.9 Å². The van der Waals surface area contributed by atoms with E-state index in [4.69, 9.17) is 17.2 Å². The van der Waals surface area contributed by atoms with Gasteiger partial charge in [-0.15, -0.1) is 0 Å². The van der Waals surface area contributed by atoms with E-state index in [0.717, 1.165) is 12.1 Å². The van der Waals surface area contributed by atoms with Gasteiger partial charge in [0.1, 0.15) is 0 Å². The average molecular weight is 436 g/mol. The fraction of sp³-hybridized carbons (Fsp3) is 0.556. The second-order valence-electron chi connectivity index (χ2n) is 6.63. The second kappa shape index (κ2) is 11.4. The predicted molar refractivity (Wildman–Crippen MR) is 108 cm³/mol. The highest BCUT2D eigenvalue weighted by atomic mass is 32.1. The van der Waals surface area contributed by atoms with Gasteiger partial charge in [-0.2, -0.15) is 25.8 Å². The SMILES string of the molecule is CC(NC(=O)C(N)CC(=O)N(CCN)CCN)C(S)c1ccc(C(F)(F)F)cc1. The molecule has 3 unspecified atom stereocenters. The first-order chi connectivity index (χ1) is 13.5. The van der Waals surface area contributed by atoms with E-state index in [1.54, 1.807) is 6.92 Å². The van der Waals surface area contributed by atoms with Gasteiger partial charge in [0.05, 0.1) is 18.0 Å². The summed E-state index contributed by atoms with van der Waals surface area (Å²) in [5, 5.41) is 2.09. The van der Waals surface area contributed by atoms with Gasteiger partial charge < -0.3 is 27.4 Å². The third-order valence-electron chi connectivity index (χ3n) is 4.31. The smallest absolute Gasteiger partial charge is 0.351 e. The molecule has 0 aliphatic rings. The zero-order valence-corrected chi connectivity index (χ0v) is 17.0. The molecule has 3 atom stereocenters. The maximum atomic E-state index is 12.7. The van der Waals surface area contributed by atoms with E-state index in [-0.39, 0.29) is 25.4 Å². The Morgan fingerprint density at radius 2 is 1.66 bits per heavy atom. The first kappa shape index (κ1) is 25.2. The normalized spacial score (nSPS) is 14.8. The summed E-state index contributed by atoms with van der Waals surface area (Å²) >= 11 is 4.38. The molecule has 29 heavy (non-hydrogen) atoms. The number of rotatable bonds is 10. The lowest BCUT2D eigenvalue weighted by molar-refractivity contribution is -0.137. The Hall–Kier alpha value is -1.82. The standard InChI is InChI=1S/C18H28F3N5O2S/c1-11(16(29)12-2-4-13(5-3-12)18(19,20)21)25-17(28)14(24)10-15(27)26(8-6-22)9-7-23/h2-5,11,14,16,29H,6-10,22-24H2,1H3,(H,25,28). The molecule has 11 heteroatoms. The Balaban J connectivity index is 2.66. The van der Waals surface area contributed by atoms with Crippen LogP contribution in [0.3, 0.4) is 0 Å². The minimum absolute atomic E-state index is 0.212. The van der Waals surface area contributed by atoms with Gasteiger partial charge in [-0.25, -0.2) is 0 Å². The molecule has 164 valence electrons. The predicted octanol–water partition coefficient (Wildman–Crippen LogP) is 0.644. The molecule has 0 spiro atoms. The lowest BCUT2D eigenvalue weighted by Crippen LogP contribution is -2.49. The molecule has 0 aliphatic carbocycles.